The van der Waals surface area contributed by atoms with E-state index in [0.29, 0.717) is 17.4 Å². The Balaban J connectivity index is 3.84. The van der Waals surface area contributed by atoms with E-state index in [1.54, 1.807) is 6.08 Å². The standard InChI is InChI=1S/C62H113N2O6P/c1-6-8-10-12-14-16-18-19-20-21-22-23-24-25-26-27-28-29-30-31-32-33-34-35-36-37-38-39-40-41-42-43-44-45-46-48-50-52-54-56-62(66)63-60(59-70-71(67,68)69-58-57-64(3,4)5)61(65)55-53-51-49-47-17-15-13-11-9-7-2/h8-11,14,16-17,19-20,22-23,47,53,55,60-61,65H,6-7,12-13,15,18,21,24-46,48-52,54,56-59H2,1-5H3,(H-,63,66,67,68)/b10-8-,11-9+,16-14-,20-19-,23-22-,47-17+,55-53+. The minimum atomic E-state index is -4.60. The number of nitrogens with one attached hydrogen (secondary N) is 1. The van der Waals surface area contributed by atoms with Gasteiger partial charge in [-0.3, -0.25) is 9.36 Å². The van der Waals surface area contributed by atoms with E-state index in [1.165, 1.54) is 154 Å². The maximum atomic E-state index is 12.9. The van der Waals surface area contributed by atoms with Gasteiger partial charge in [0.2, 0.25) is 5.91 Å². The van der Waals surface area contributed by atoms with Crippen molar-refractivity contribution in [1.82, 2.24) is 5.32 Å². The number of amides is 1. The highest BCUT2D eigenvalue weighted by atomic mass is 31.2. The molecular weight excluding hydrogens is 900 g/mol. The van der Waals surface area contributed by atoms with Crippen LogP contribution in [0.2, 0.25) is 0 Å². The average Bonchev–Trinajstić information content (AvgIpc) is 3.33. The summed E-state index contributed by atoms with van der Waals surface area (Å²) >= 11 is 0. The van der Waals surface area contributed by atoms with Crippen LogP contribution in [-0.4, -0.2) is 68.5 Å². The summed E-state index contributed by atoms with van der Waals surface area (Å²) in [5, 5.41) is 13.8. The molecule has 0 saturated heterocycles. The molecule has 0 aromatic heterocycles. The van der Waals surface area contributed by atoms with Gasteiger partial charge < -0.3 is 28.8 Å². The fraction of sp³-hybridized carbons (Fsp3) is 0.758. The number of aliphatic hydroxyl groups excluding tert-OH is 1. The molecule has 3 unspecified atom stereocenters. The first-order valence-corrected chi connectivity index (χ1v) is 30.9. The van der Waals surface area contributed by atoms with E-state index in [2.05, 4.69) is 92.1 Å². The van der Waals surface area contributed by atoms with Gasteiger partial charge in [0, 0.05) is 6.42 Å². The molecule has 0 aromatic rings. The number of hydrogen-bond acceptors (Lipinski definition) is 6. The van der Waals surface area contributed by atoms with Crippen LogP contribution in [-0.2, 0) is 18.4 Å². The predicted molar refractivity (Wildman–Crippen MR) is 307 cm³/mol. The second-order valence-corrected chi connectivity index (χ2v) is 22.3. The Bertz CT molecular complexity index is 1430. The number of aliphatic hydroxyl groups is 1. The Morgan fingerprint density at radius 1 is 0.493 bits per heavy atom. The lowest BCUT2D eigenvalue weighted by molar-refractivity contribution is -0.870. The number of unbranched alkanes of at least 4 members (excludes halogenated alkanes) is 28. The molecule has 0 rings (SSSR count). The largest absolute Gasteiger partial charge is 0.756 e. The van der Waals surface area contributed by atoms with Gasteiger partial charge in [0.15, 0.2) is 0 Å². The molecule has 2 N–H and O–H groups in total. The van der Waals surface area contributed by atoms with Crippen molar-refractivity contribution < 1.29 is 32.9 Å². The van der Waals surface area contributed by atoms with Crippen molar-refractivity contribution in [1.29, 1.82) is 0 Å². The van der Waals surface area contributed by atoms with Gasteiger partial charge >= 0.3 is 0 Å². The molecule has 0 fully saturated rings. The highest BCUT2D eigenvalue weighted by molar-refractivity contribution is 7.45. The van der Waals surface area contributed by atoms with Crippen molar-refractivity contribution in [3.63, 3.8) is 0 Å². The van der Waals surface area contributed by atoms with Gasteiger partial charge in [-0.1, -0.05) is 253 Å². The number of allylic oxidation sites excluding steroid dienone is 13. The van der Waals surface area contributed by atoms with Gasteiger partial charge in [0.1, 0.15) is 13.2 Å². The molecule has 0 radical (unpaired) electrons. The van der Waals surface area contributed by atoms with Gasteiger partial charge in [-0.15, -0.1) is 0 Å². The molecule has 0 aliphatic heterocycles. The van der Waals surface area contributed by atoms with Crippen LogP contribution in [0.3, 0.4) is 0 Å². The molecule has 8 nitrogen and oxygen atoms in total. The molecule has 0 aromatic carbocycles. The first-order valence-electron chi connectivity index (χ1n) is 29.4. The van der Waals surface area contributed by atoms with Crippen molar-refractivity contribution in [3.05, 3.63) is 85.1 Å². The van der Waals surface area contributed by atoms with Crippen LogP contribution in [0.25, 0.3) is 0 Å². The summed E-state index contributed by atoms with van der Waals surface area (Å²) in [5.74, 6) is -0.212. The molecule has 1 amide bonds. The number of quaternary nitrogens is 1. The molecule has 0 aliphatic rings. The smallest absolute Gasteiger partial charge is 0.268 e. The molecule has 0 bridgehead atoms. The lowest BCUT2D eigenvalue weighted by Gasteiger charge is -2.29. The summed E-state index contributed by atoms with van der Waals surface area (Å²) in [6, 6.07) is -0.909. The predicted octanol–water partition coefficient (Wildman–Crippen LogP) is 17.4. The topological polar surface area (TPSA) is 108 Å². The summed E-state index contributed by atoms with van der Waals surface area (Å²) < 4.78 is 23.2. The van der Waals surface area contributed by atoms with Gasteiger partial charge in [-0.2, -0.15) is 0 Å². The third-order valence-electron chi connectivity index (χ3n) is 12.8. The molecule has 9 heteroatoms. The summed E-state index contributed by atoms with van der Waals surface area (Å²) in [6.45, 7) is 4.38. The van der Waals surface area contributed by atoms with E-state index >= 15 is 0 Å². The van der Waals surface area contributed by atoms with Crippen molar-refractivity contribution in [2.24, 2.45) is 0 Å². The van der Waals surface area contributed by atoms with Gasteiger partial charge in [-0.25, -0.2) is 0 Å². The third kappa shape index (κ3) is 55.3. The zero-order valence-electron chi connectivity index (χ0n) is 46.9. The number of carbonyl (C=O) groups excluding carboxylic acids is 1. The fourth-order valence-corrected chi connectivity index (χ4v) is 9.03. The Labute approximate surface area is 439 Å². The van der Waals surface area contributed by atoms with Crippen LogP contribution < -0.4 is 10.2 Å². The fourth-order valence-electron chi connectivity index (χ4n) is 8.30. The SMILES string of the molecule is CC/C=C\C/C=C\C/C=C\C/C=C\CCCCCCCCCCCCCCCCCCCCCCCCCCCCC(=O)NC(COP(=O)([O-])OCC[N+](C)(C)C)C(O)/C=C/CC/C=C/CC/C=C/CC. The van der Waals surface area contributed by atoms with Crippen LogP contribution in [0.4, 0.5) is 0 Å². The number of phosphoric ester groups is 1. The first-order chi connectivity index (χ1) is 34.5. The molecular formula is C62H113N2O6P. The van der Waals surface area contributed by atoms with Crippen LogP contribution in [0.5, 0.6) is 0 Å². The van der Waals surface area contributed by atoms with Crippen molar-refractivity contribution >= 4 is 13.7 Å². The normalized spacial score (nSPS) is 14.5. The maximum absolute atomic E-state index is 12.9. The zero-order valence-corrected chi connectivity index (χ0v) is 47.8. The van der Waals surface area contributed by atoms with E-state index < -0.39 is 26.6 Å². The maximum Gasteiger partial charge on any atom is 0.268 e. The van der Waals surface area contributed by atoms with E-state index in [9.17, 15) is 19.4 Å². The second kappa shape index (κ2) is 52.5. The van der Waals surface area contributed by atoms with Gasteiger partial charge in [0.25, 0.3) is 7.82 Å². The van der Waals surface area contributed by atoms with E-state index in [-0.39, 0.29) is 12.5 Å². The average molecular weight is 1010 g/mol. The van der Waals surface area contributed by atoms with Crippen molar-refractivity contribution in [3.8, 4) is 0 Å². The summed E-state index contributed by atoms with van der Waals surface area (Å²) in [7, 11) is 1.23. The molecule has 412 valence electrons. The van der Waals surface area contributed by atoms with Gasteiger partial charge in [0.05, 0.1) is 39.9 Å². The minimum absolute atomic E-state index is 0.0103. The highest BCUT2D eigenvalue weighted by Gasteiger charge is 2.23. The number of nitrogens with zero attached hydrogens (tertiary/aromatic N) is 1. The number of phosphoric acid groups is 1. The Morgan fingerprint density at radius 3 is 1.25 bits per heavy atom. The molecule has 0 spiro atoms. The van der Waals surface area contributed by atoms with Crippen LogP contribution >= 0.6 is 7.82 Å². The van der Waals surface area contributed by atoms with Crippen LogP contribution in [0, 0.1) is 0 Å². The van der Waals surface area contributed by atoms with E-state index in [1.807, 2.05) is 27.2 Å². The summed E-state index contributed by atoms with van der Waals surface area (Å²) in [4.78, 5) is 25.4. The van der Waals surface area contributed by atoms with Crippen molar-refractivity contribution in [2.45, 2.75) is 264 Å². The monoisotopic (exact) mass is 1010 g/mol. The Hall–Kier alpha value is -2.32. The Morgan fingerprint density at radius 2 is 0.831 bits per heavy atom. The summed E-state index contributed by atoms with van der Waals surface area (Å²) in [6.07, 6.45) is 74.3. The van der Waals surface area contributed by atoms with Crippen LogP contribution in [0.1, 0.15) is 251 Å². The molecule has 0 aliphatic carbocycles. The summed E-state index contributed by atoms with van der Waals surface area (Å²) in [5.41, 5.74) is 0. The minimum Gasteiger partial charge on any atom is -0.756 e. The highest BCUT2D eigenvalue weighted by Crippen LogP contribution is 2.38. The van der Waals surface area contributed by atoms with E-state index in [0.717, 1.165) is 77.0 Å². The quantitative estimate of drug-likeness (QED) is 0.0272. The number of rotatable bonds is 53. The number of likely N-dealkylation sites (N-methyl/N-ethyl adjacent to an activating group) is 1. The Kier molecular flexibility index (Phi) is 50.8. The first kappa shape index (κ1) is 68.7. The number of hydrogen-bond donors (Lipinski definition) is 2. The molecule has 71 heavy (non-hydrogen) atoms. The number of carbonyl (C=O) groups is 1. The molecule has 3 atom stereocenters. The van der Waals surface area contributed by atoms with Crippen molar-refractivity contribution in [2.75, 3.05) is 40.9 Å². The van der Waals surface area contributed by atoms with Crippen LogP contribution in [0.15, 0.2) is 85.1 Å². The molecule has 0 heterocycles. The zero-order chi connectivity index (χ0) is 52.0. The lowest BCUT2D eigenvalue weighted by Crippen LogP contribution is -2.45. The third-order valence-corrected chi connectivity index (χ3v) is 13.8. The van der Waals surface area contributed by atoms with Gasteiger partial charge in [-0.05, 0) is 77.0 Å². The second-order valence-electron chi connectivity index (χ2n) is 20.9. The molecule has 0 saturated carbocycles. The lowest BCUT2D eigenvalue weighted by atomic mass is 10.0. The van der Waals surface area contributed by atoms with E-state index in [4.69, 9.17) is 9.05 Å².